The number of aromatic hydroxyl groups is 1. The van der Waals surface area contributed by atoms with E-state index in [1.165, 1.54) is 25.9 Å². The molecule has 0 amide bonds. The van der Waals surface area contributed by atoms with Gasteiger partial charge in [-0.1, -0.05) is 24.3 Å². The fraction of sp³-hybridized carbons (Fsp3) is 0.233. The molecule has 2 N–H and O–H groups in total. The molecular weight excluding hydrogens is 460 g/mol. The molecule has 3 aromatic heterocycles. The topological polar surface area (TPSA) is 78.6 Å². The number of piperidine rings is 3. The number of benzene rings is 2. The Hall–Kier alpha value is -4.23. The normalized spacial score (nSPS) is 20.8. The highest BCUT2D eigenvalue weighted by atomic mass is 16.3. The van der Waals surface area contributed by atoms with Crippen LogP contribution in [0.1, 0.15) is 12.8 Å². The average Bonchev–Trinajstić information content (AvgIpc) is 3.35. The maximum Gasteiger partial charge on any atom is 0.164 e. The minimum absolute atomic E-state index is 0.208. The van der Waals surface area contributed by atoms with E-state index in [-0.39, 0.29) is 5.75 Å². The number of anilines is 1. The third kappa shape index (κ3) is 4.01. The predicted octanol–water partition coefficient (Wildman–Crippen LogP) is 5.34. The minimum atomic E-state index is 0.208. The fourth-order valence-electron chi connectivity index (χ4n) is 5.88. The van der Waals surface area contributed by atoms with Gasteiger partial charge < -0.3 is 15.3 Å². The standard InChI is InChI=1S/C30H28N6O/c37-25-3-1-2-23(18-25)28-29(22-8-13-31-14-9-22)34-36-27(10-15-32-30(28)36)21-4-6-24(7-5-21)33-26-19-35-16-11-20(26)12-17-35/h1-10,13-15,18,20,26,33,37H,11-12,16-17,19H2/t26-/m0/s1. The van der Waals surface area contributed by atoms with Crippen molar-refractivity contribution < 1.29 is 5.11 Å². The summed E-state index contributed by atoms with van der Waals surface area (Å²) in [5, 5.41) is 19.0. The summed E-state index contributed by atoms with van der Waals surface area (Å²) in [6, 6.07) is 22.3. The third-order valence-corrected chi connectivity index (χ3v) is 7.80. The number of nitrogens with zero attached hydrogens (tertiary/aromatic N) is 5. The molecule has 2 bridgehead atoms. The smallest absolute Gasteiger partial charge is 0.164 e. The number of pyridine rings is 1. The van der Waals surface area contributed by atoms with E-state index in [0.717, 1.165) is 57.4 Å². The van der Waals surface area contributed by atoms with Gasteiger partial charge in [0.25, 0.3) is 0 Å². The van der Waals surface area contributed by atoms with Crippen LogP contribution in [0, 0.1) is 5.92 Å². The van der Waals surface area contributed by atoms with E-state index in [1.807, 2.05) is 41.0 Å². The summed E-state index contributed by atoms with van der Waals surface area (Å²) < 4.78 is 1.91. The van der Waals surface area contributed by atoms with Crippen LogP contribution in [0.3, 0.4) is 0 Å². The van der Waals surface area contributed by atoms with E-state index in [0.29, 0.717) is 6.04 Å². The molecule has 0 spiro atoms. The first-order valence-electron chi connectivity index (χ1n) is 12.9. The highest BCUT2D eigenvalue weighted by Crippen LogP contribution is 2.37. The van der Waals surface area contributed by atoms with Crippen LogP contribution in [-0.2, 0) is 0 Å². The summed E-state index contributed by atoms with van der Waals surface area (Å²) in [4.78, 5) is 11.5. The highest BCUT2D eigenvalue weighted by Gasteiger charge is 2.33. The van der Waals surface area contributed by atoms with Gasteiger partial charge in [-0.25, -0.2) is 9.50 Å². The Morgan fingerprint density at radius 3 is 2.38 bits per heavy atom. The van der Waals surface area contributed by atoms with E-state index in [2.05, 4.69) is 39.5 Å². The summed E-state index contributed by atoms with van der Waals surface area (Å²) in [7, 11) is 0. The van der Waals surface area contributed by atoms with Crippen molar-refractivity contribution in [3.05, 3.63) is 85.3 Å². The quantitative estimate of drug-likeness (QED) is 0.348. The Morgan fingerprint density at radius 2 is 1.65 bits per heavy atom. The molecule has 5 aromatic rings. The molecule has 3 fully saturated rings. The van der Waals surface area contributed by atoms with E-state index >= 15 is 0 Å². The molecular formula is C30H28N6O. The van der Waals surface area contributed by atoms with Crippen molar-refractivity contribution in [1.29, 1.82) is 0 Å². The number of phenols is 1. The first kappa shape index (κ1) is 22.0. The van der Waals surface area contributed by atoms with Gasteiger partial charge in [0.1, 0.15) is 11.4 Å². The first-order valence-corrected chi connectivity index (χ1v) is 12.9. The number of fused-ring (bicyclic) bond motifs is 4. The van der Waals surface area contributed by atoms with Crippen LogP contribution in [0.15, 0.2) is 85.3 Å². The molecule has 6 heterocycles. The molecule has 0 radical (unpaired) electrons. The largest absolute Gasteiger partial charge is 0.508 e. The number of nitrogens with one attached hydrogen (secondary N) is 1. The molecule has 7 heteroatoms. The molecule has 2 aromatic carbocycles. The summed E-state index contributed by atoms with van der Waals surface area (Å²) in [6.45, 7) is 3.63. The van der Waals surface area contributed by atoms with Gasteiger partial charge in [-0.15, -0.1) is 0 Å². The summed E-state index contributed by atoms with van der Waals surface area (Å²) in [5.41, 5.74) is 7.42. The van der Waals surface area contributed by atoms with Gasteiger partial charge in [0.05, 0.1) is 11.3 Å². The molecule has 0 aliphatic carbocycles. The maximum absolute atomic E-state index is 10.2. The lowest BCUT2D eigenvalue weighted by Crippen LogP contribution is -2.53. The van der Waals surface area contributed by atoms with Crippen LogP contribution >= 0.6 is 0 Å². The lowest BCUT2D eigenvalue weighted by Gasteiger charge is -2.45. The average molecular weight is 489 g/mol. The minimum Gasteiger partial charge on any atom is -0.508 e. The highest BCUT2D eigenvalue weighted by molar-refractivity contribution is 5.91. The van der Waals surface area contributed by atoms with Crippen molar-refractivity contribution in [2.75, 3.05) is 25.0 Å². The molecule has 7 nitrogen and oxygen atoms in total. The van der Waals surface area contributed by atoms with Gasteiger partial charge in [0.2, 0.25) is 0 Å². The number of hydrogen-bond donors (Lipinski definition) is 2. The number of hydrogen-bond acceptors (Lipinski definition) is 6. The maximum atomic E-state index is 10.2. The van der Waals surface area contributed by atoms with E-state index in [1.54, 1.807) is 24.5 Å². The first-order chi connectivity index (χ1) is 18.2. The molecule has 1 atom stereocenters. The number of rotatable bonds is 5. The second-order valence-electron chi connectivity index (χ2n) is 10.0. The van der Waals surface area contributed by atoms with Gasteiger partial charge in [-0.2, -0.15) is 5.10 Å². The van der Waals surface area contributed by atoms with E-state index < -0.39 is 0 Å². The molecule has 184 valence electrons. The van der Waals surface area contributed by atoms with Crippen LogP contribution in [0.25, 0.3) is 39.3 Å². The number of phenolic OH excluding ortho intramolecular Hbond substituents is 1. The van der Waals surface area contributed by atoms with Crippen molar-refractivity contribution in [2.45, 2.75) is 18.9 Å². The zero-order valence-electron chi connectivity index (χ0n) is 20.5. The lowest BCUT2D eigenvalue weighted by atomic mass is 9.84. The molecule has 3 aliphatic heterocycles. The van der Waals surface area contributed by atoms with Crippen LogP contribution in [0.2, 0.25) is 0 Å². The van der Waals surface area contributed by atoms with Crippen molar-refractivity contribution in [3.63, 3.8) is 0 Å². The molecule has 8 rings (SSSR count). The fourth-order valence-corrected chi connectivity index (χ4v) is 5.88. The van der Waals surface area contributed by atoms with Gasteiger partial charge in [0, 0.05) is 48.0 Å². The molecule has 0 saturated carbocycles. The van der Waals surface area contributed by atoms with Gasteiger partial charge in [-0.05, 0) is 79.9 Å². The van der Waals surface area contributed by atoms with Crippen molar-refractivity contribution in [3.8, 4) is 39.4 Å². The van der Waals surface area contributed by atoms with Gasteiger partial charge >= 0.3 is 0 Å². The molecule has 0 unspecified atom stereocenters. The Labute approximate surface area is 215 Å². The summed E-state index contributed by atoms with van der Waals surface area (Å²) in [5.74, 6) is 0.982. The summed E-state index contributed by atoms with van der Waals surface area (Å²) >= 11 is 0. The monoisotopic (exact) mass is 488 g/mol. The van der Waals surface area contributed by atoms with E-state index in [9.17, 15) is 5.11 Å². The van der Waals surface area contributed by atoms with Crippen LogP contribution < -0.4 is 5.32 Å². The van der Waals surface area contributed by atoms with Crippen molar-refractivity contribution in [2.24, 2.45) is 5.92 Å². The van der Waals surface area contributed by atoms with Gasteiger partial charge in [-0.3, -0.25) is 4.98 Å². The second-order valence-corrected chi connectivity index (χ2v) is 10.0. The molecule has 37 heavy (non-hydrogen) atoms. The van der Waals surface area contributed by atoms with Crippen LogP contribution in [-0.4, -0.2) is 55.3 Å². The van der Waals surface area contributed by atoms with Crippen LogP contribution in [0.5, 0.6) is 5.75 Å². The van der Waals surface area contributed by atoms with E-state index in [4.69, 9.17) is 10.1 Å². The Bertz CT molecular complexity index is 1550. The summed E-state index contributed by atoms with van der Waals surface area (Å²) in [6.07, 6.45) is 7.95. The Kier molecular flexibility index (Phi) is 5.36. The predicted molar refractivity (Wildman–Crippen MR) is 145 cm³/mol. The molecule has 3 saturated heterocycles. The zero-order chi connectivity index (χ0) is 24.8. The number of aromatic nitrogens is 4. The Morgan fingerprint density at radius 1 is 0.838 bits per heavy atom. The van der Waals surface area contributed by atoms with Gasteiger partial charge in [0.15, 0.2) is 5.65 Å². The zero-order valence-corrected chi connectivity index (χ0v) is 20.5. The van der Waals surface area contributed by atoms with Crippen molar-refractivity contribution >= 4 is 11.3 Å². The SMILES string of the molecule is Oc1cccc(-c2c(-c3ccncc3)nn3c(-c4ccc(N[C@H]5CN6CCC5CC6)cc4)ccnc23)c1. The lowest BCUT2D eigenvalue weighted by molar-refractivity contribution is 0.0975. The third-order valence-electron chi connectivity index (χ3n) is 7.80. The second kappa shape index (κ2) is 9.01. The van der Waals surface area contributed by atoms with Crippen molar-refractivity contribution in [1.82, 2.24) is 24.5 Å². The van der Waals surface area contributed by atoms with Crippen LogP contribution in [0.4, 0.5) is 5.69 Å². The Balaban J connectivity index is 1.29. The molecule has 3 aliphatic rings.